The molecule has 0 aromatic rings. The summed E-state index contributed by atoms with van der Waals surface area (Å²) in [4.78, 5) is 14.2. The van der Waals surface area contributed by atoms with Crippen molar-refractivity contribution >= 4 is 5.78 Å². The lowest BCUT2D eigenvalue weighted by Gasteiger charge is -2.38. The van der Waals surface area contributed by atoms with Crippen molar-refractivity contribution in [3.8, 4) is 0 Å². The first-order valence-electron chi connectivity index (χ1n) is 6.02. The summed E-state index contributed by atoms with van der Waals surface area (Å²) in [5.74, 6) is 0.907. The van der Waals surface area contributed by atoms with E-state index in [1.54, 1.807) is 0 Å². The van der Waals surface area contributed by atoms with Gasteiger partial charge in [0, 0.05) is 18.4 Å². The number of hydrogen-bond donors (Lipinski definition) is 0. The largest absolute Gasteiger partial charge is 0.303 e. The molecular formula is C12H21NO. The third kappa shape index (κ3) is 2.00. The monoisotopic (exact) mass is 195 g/mol. The van der Waals surface area contributed by atoms with Crippen LogP contribution in [0.15, 0.2) is 0 Å². The molecule has 0 bridgehead atoms. The van der Waals surface area contributed by atoms with Crippen molar-refractivity contribution in [3.05, 3.63) is 0 Å². The Morgan fingerprint density at radius 3 is 2.64 bits per heavy atom. The van der Waals surface area contributed by atoms with E-state index in [1.807, 2.05) is 0 Å². The fourth-order valence-electron chi connectivity index (χ4n) is 3.03. The summed E-state index contributed by atoms with van der Waals surface area (Å²) in [6.45, 7) is 1.19. The minimum Gasteiger partial charge on any atom is -0.303 e. The number of Topliss-reactive ketones (excluding diaryl/α,β-unsaturated/α-hetero) is 1. The van der Waals surface area contributed by atoms with Crippen molar-refractivity contribution in [1.82, 2.24) is 4.90 Å². The predicted octanol–water partition coefficient (Wildman–Crippen LogP) is 2.23. The van der Waals surface area contributed by atoms with Gasteiger partial charge in [0.15, 0.2) is 0 Å². The van der Waals surface area contributed by atoms with Crippen LogP contribution in [0.3, 0.4) is 0 Å². The van der Waals surface area contributed by atoms with Gasteiger partial charge in [0.1, 0.15) is 5.78 Å². The SMILES string of the molecule is CN1CCCCC1C1CCCCC1=O. The average molecular weight is 195 g/mol. The lowest BCUT2D eigenvalue weighted by Crippen LogP contribution is -2.45. The van der Waals surface area contributed by atoms with Gasteiger partial charge in [-0.2, -0.15) is 0 Å². The number of carbonyl (C=O) groups excluding carboxylic acids is 1. The van der Waals surface area contributed by atoms with E-state index >= 15 is 0 Å². The maximum atomic E-state index is 11.8. The molecule has 1 saturated carbocycles. The van der Waals surface area contributed by atoms with Gasteiger partial charge in [0.05, 0.1) is 0 Å². The van der Waals surface area contributed by atoms with Crippen molar-refractivity contribution < 1.29 is 4.79 Å². The Hall–Kier alpha value is -0.370. The third-order valence-electron chi connectivity index (χ3n) is 3.89. The number of ketones is 1. The molecule has 0 radical (unpaired) electrons. The minimum atomic E-state index is 0.369. The molecule has 80 valence electrons. The first-order valence-corrected chi connectivity index (χ1v) is 6.02. The van der Waals surface area contributed by atoms with E-state index in [-0.39, 0.29) is 0 Å². The molecule has 1 saturated heterocycles. The molecule has 0 aromatic heterocycles. The number of carbonyl (C=O) groups is 1. The first kappa shape index (κ1) is 10.2. The fraction of sp³-hybridized carbons (Fsp3) is 0.917. The Morgan fingerprint density at radius 1 is 1.14 bits per heavy atom. The third-order valence-corrected chi connectivity index (χ3v) is 3.89. The van der Waals surface area contributed by atoms with E-state index in [4.69, 9.17) is 0 Å². The van der Waals surface area contributed by atoms with Crippen LogP contribution in [-0.2, 0) is 4.79 Å². The highest BCUT2D eigenvalue weighted by atomic mass is 16.1. The van der Waals surface area contributed by atoms with Crippen molar-refractivity contribution in [1.29, 1.82) is 0 Å². The summed E-state index contributed by atoms with van der Waals surface area (Å²) in [6, 6.07) is 0.566. The van der Waals surface area contributed by atoms with Gasteiger partial charge in [0.25, 0.3) is 0 Å². The normalized spacial score (nSPS) is 35.9. The second kappa shape index (κ2) is 4.43. The summed E-state index contributed by atoms with van der Waals surface area (Å²) in [6.07, 6.45) is 8.26. The highest BCUT2D eigenvalue weighted by Crippen LogP contribution is 2.30. The maximum Gasteiger partial charge on any atom is 0.137 e. The fourth-order valence-corrected chi connectivity index (χ4v) is 3.03. The predicted molar refractivity (Wildman–Crippen MR) is 57.2 cm³/mol. The smallest absolute Gasteiger partial charge is 0.137 e. The van der Waals surface area contributed by atoms with Crippen molar-refractivity contribution in [2.75, 3.05) is 13.6 Å². The summed E-state index contributed by atoms with van der Waals surface area (Å²) in [5.41, 5.74) is 0. The van der Waals surface area contributed by atoms with Crippen molar-refractivity contribution in [3.63, 3.8) is 0 Å². The number of hydrogen-bond acceptors (Lipinski definition) is 2. The Labute approximate surface area is 86.7 Å². The van der Waals surface area contributed by atoms with E-state index < -0.39 is 0 Å². The molecule has 2 atom stereocenters. The van der Waals surface area contributed by atoms with Crippen LogP contribution in [0.5, 0.6) is 0 Å². The van der Waals surface area contributed by atoms with Crippen LogP contribution in [-0.4, -0.2) is 30.3 Å². The van der Waals surface area contributed by atoms with Crippen LogP contribution < -0.4 is 0 Å². The molecule has 2 nitrogen and oxygen atoms in total. The number of piperidine rings is 1. The molecular weight excluding hydrogens is 174 g/mol. The number of rotatable bonds is 1. The second-order valence-corrected chi connectivity index (χ2v) is 4.86. The van der Waals surface area contributed by atoms with Gasteiger partial charge >= 0.3 is 0 Å². The molecule has 0 N–H and O–H groups in total. The summed E-state index contributed by atoms with van der Waals surface area (Å²) in [7, 11) is 2.19. The van der Waals surface area contributed by atoms with E-state index in [2.05, 4.69) is 11.9 Å². The van der Waals surface area contributed by atoms with Gasteiger partial charge in [-0.1, -0.05) is 12.8 Å². The average Bonchev–Trinajstić information content (AvgIpc) is 2.20. The standard InChI is InChI=1S/C12H21NO/c1-13-9-5-4-7-11(13)10-6-2-3-8-12(10)14/h10-11H,2-9H2,1H3. The van der Waals surface area contributed by atoms with Crippen LogP contribution in [0.25, 0.3) is 0 Å². The Morgan fingerprint density at radius 2 is 1.93 bits per heavy atom. The first-order chi connectivity index (χ1) is 6.79. The van der Waals surface area contributed by atoms with Crippen LogP contribution in [0.4, 0.5) is 0 Å². The van der Waals surface area contributed by atoms with Crippen LogP contribution in [0, 0.1) is 5.92 Å². The lowest BCUT2D eigenvalue weighted by atomic mass is 9.79. The van der Waals surface area contributed by atoms with Gasteiger partial charge in [-0.05, 0) is 39.3 Å². The van der Waals surface area contributed by atoms with E-state index in [9.17, 15) is 4.79 Å². The van der Waals surface area contributed by atoms with Crippen LogP contribution >= 0.6 is 0 Å². The van der Waals surface area contributed by atoms with Gasteiger partial charge in [-0.15, -0.1) is 0 Å². The molecule has 1 aliphatic heterocycles. The Balaban J connectivity index is 2.00. The molecule has 0 spiro atoms. The molecule has 2 fully saturated rings. The molecule has 0 aromatic carbocycles. The molecule has 2 aliphatic rings. The van der Waals surface area contributed by atoms with E-state index in [0.717, 1.165) is 19.3 Å². The molecule has 1 aliphatic carbocycles. The summed E-state index contributed by atoms with van der Waals surface area (Å²) < 4.78 is 0. The van der Waals surface area contributed by atoms with Gasteiger partial charge in [0.2, 0.25) is 0 Å². The molecule has 2 unspecified atom stereocenters. The quantitative estimate of drug-likeness (QED) is 0.639. The summed E-state index contributed by atoms with van der Waals surface area (Å²) in [5, 5.41) is 0. The highest BCUT2D eigenvalue weighted by Gasteiger charge is 2.33. The van der Waals surface area contributed by atoms with Gasteiger partial charge < -0.3 is 4.90 Å². The van der Waals surface area contributed by atoms with Crippen molar-refractivity contribution in [2.24, 2.45) is 5.92 Å². The zero-order valence-electron chi connectivity index (χ0n) is 9.17. The Bertz CT molecular complexity index is 214. The molecule has 1 heterocycles. The maximum absolute atomic E-state index is 11.8. The highest BCUT2D eigenvalue weighted by molar-refractivity contribution is 5.82. The lowest BCUT2D eigenvalue weighted by molar-refractivity contribution is -0.127. The minimum absolute atomic E-state index is 0.369. The van der Waals surface area contributed by atoms with E-state index in [0.29, 0.717) is 17.7 Å². The second-order valence-electron chi connectivity index (χ2n) is 4.86. The van der Waals surface area contributed by atoms with Crippen molar-refractivity contribution in [2.45, 2.75) is 51.0 Å². The number of nitrogens with zero attached hydrogens (tertiary/aromatic N) is 1. The zero-order valence-corrected chi connectivity index (χ0v) is 9.17. The van der Waals surface area contributed by atoms with E-state index in [1.165, 1.54) is 32.2 Å². The molecule has 14 heavy (non-hydrogen) atoms. The number of likely N-dealkylation sites (tertiary alicyclic amines) is 1. The molecule has 0 amide bonds. The Kier molecular flexibility index (Phi) is 3.22. The zero-order chi connectivity index (χ0) is 9.97. The summed E-state index contributed by atoms with van der Waals surface area (Å²) >= 11 is 0. The van der Waals surface area contributed by atoms with Gasteiger partial charge in [-0.25, -0.2) is 0 Å². The van der Waals surface area contributed by atoms with Crippen LogP contribution in [0.2, 0.25) is 0 Å². The van der Waals surface area contributed by atoms with Gasteiger partial charge in [-0.3, -0.25) is 4.79 Å². The topological polar surface area (TPSA) is 20.3 Å². The van der Waals surface area contributed by atoms with Crippen LogP contribution in [0.1, 0.15) is 44.9 Å². The molecule has 2 heteroatoms. The molecule has 2 rings (SSSR count).